The van der Waals surface area contributed by atoms with Gasteiger partial charge in [0, 0.05) is 30.9 Å². The highest BCUT2D eigenvalue weighted by atomic mass is 19.1. The second-order valence-corrected chi connectivity index (χ2v) is 2.66. The Morgan fingerprint density at radius 2 is 2.33 bits per heavy atom. The smallest absolute Gasteiger partial charge is 0.254 e. The lowest BCUT2D eigenvalue weighted by atomic mass is 10.2. The second-order valence-electron chi connectivity index (χ2n) is 2.66. The number of nitrogens with zero attached hydrogens (tertiary/aromatic N) is 2. The molecule has 0 radical (unpaired) electrons. The van der Waals surface area contributed by atoms with Gasteiger partial charge in [0.1, 0.15) is 0 Å². The van der Waals surface area contributed by atoms with Crippen LogP contribution in [0.4, 0.5) is 4.39 Å². The molecule has 2 heterocycles. The molecule has 4 heteroatoms. The van der Waals surface area contributed by atoms with Gasteiger partial charge in [-0.1, -0.05) is 0 Å². The van der Waals surface area contributed by atoms with Gasteiger partial charge in [-0.2, -0.15) is 4.39 Å². The van der Waals surface area contributed by atoms with Crippen LogP contribution in [-0.2, 0) is 0 Å². The summed E-state index contributed by atoms with van der Waals surface area (Å²) in [6, 6.07) is 2.67. The van der Waals surface area contributed by atoms with Crippen LogP contribution < -0.4 is 0 Å². The number of aromatic nitrogens is 1. The number of carbonyl (C=O) groups excluding carboxylic acids is 1. The highest BCUT2D eigenvalue weighted by Gasteiger charge is 2.25. The van der Waals surface area contributed by atoms with Crippen LogP contribution in [0.1, 0.15) is 10.4 Å². The van der Waals surface area contributed by atoms with E-state index in [0.717, 1.165) is 19.2 Å². The van der Waals surface area contributed by atoms with E-state index in [1.54, 1.807) is 4.90 Å². The Bertz CT molecular complexity index is 323. The molecular formula is C8H7FN2O. The molecule has 12 heavy (non-hydrogen) atoms. The van der Waals surface area contributed by atoms with Crippen LogP contribution in [0.25, 0.3) is 0 Å². The molecule has 0 unspecified atom stereocenters. The molecule has 0 saturated carbocycles. The average molecular weight is 166 g/mol. The molecule has 0 atom stereocenters. The normalized spacial score (nSPS) is 14.6. The molecule has 1 aliphatic rings. The highest BCUT2D eigenvalue weighted by molar-refractivity contribution is 5.95. The Kier molecular flexibility index (Phi) is 1.53. The van der Waals surface area contributed by atoms with Crippen LogP contribution in [0.3, 0.4) is 0 Å². The second kappa shape index (κ2) is 2.55. The van der Waals surface area contributed by atoms with Gasteiger partial charge in [-0.3, -0.25) is 4.79 Å². The molecule has 1 saturated heterocycles. The van der Waals surface area contributed by atoms with E-state index in [4.69, 9.17) is 0 Å². The highest BCUT2D eigenvalue weighted by Crippen LogP contribution is 2.11. The lowest BCUT2D eigenvalue weighted by Gasteiger charge is -1.99. The molecule has 1 fully saturated rings. The maximum Gasteiger partial charge on any atom is 0.254 e. The van der Waals surface area contributed by atoms with E-state index in [-0.39, 0.29) is 5.91 Å². The number of halogens is 1. The van der Waals surface area contributed by atoms with Gasteiger partial charge in [-0.15, -0.1) is 0 Å². The van der Waals surface area contributed by atoms with Gasteiger partial charge in [0.15, 0.2) is 0 Å². The number of amides is 1. The SMILES string of the molecule is O=C(c1ccnc(F)c1)N1CC1. The van der Waals surface area contributed by atoms with E-state index in [1.807, 2.05) is 0 Å². The van der Waals surface area contributed by atoms with Gasteiger partial charge in [-0.25, -0.2) is 4.98 Å². The first kappa shape index (κ1) is 7.21. The third-order valence-corrected chi connectivity index (χ3v) is 1.71. The lowest BCUT2D eigenvalue weighted by Crippen LogP contribution is -2.10. The molecule has 3 nitrogen and oxygen atoms in total. The van der Waals surface area contributed by atoms with Gasteiger partial charge in [-0.05, 0) is 6.07 Å². The summed E-state index contributed by atoms with van der Waals surface area (Å²) >= 11 is 0. The summed E-state index contributed by atoms with van der Waals surface area (Å²) in [4.78, 5) is 16.3. The Labute approximate surface area is 68.8 Å². The number of pyridine rings is 1. The first-order chi connectivity index (χ1) is 5.77. The van der Waals surface area contributed by atoms with Crippen molar-refractivity contribution in [1.29, 1.82) is 0 Å². The van der Waals surface area contributed by atoms with Crippen LogP contribution >= 0.6 is 0 Å². The van der Waals surface area contributed by atoms with E-state index in [0.29, 0.717) is 5.56 Å². The van der Waals surface area contributed by atoms with Crippen LogP contribution in [0.15, 0.2) is 18.3 Å². The summed E-state index contributed by atoms with van der Waals surface area (Å²) in [6.45, 7) is 1.56. The quantitative estimate of drug-likeness (QED) is 0.454. The van der Waals surface area contributed by atoms with Crippen LogP contribution in [0.2, 0.25) is 0 Å². The van der Waals surface area contributed by atoms with Crippen molar-refractivity contribution in [3.8, 4) is 0 Å². The Morgan fingerprint density at radius 1 is 1.58 bits per heavy atom. The number of rotatable bonds is 1. The van der Waals surface area contributed by atoms with Crippen molar-refractivity contribution in [2.75, 3.05) is 13.1 Å². The van der Waals surface area contributed by atoms with Gasteiger partial charge >= 0.3 is 0 Å². The third-order valence-electron chi connectivity index (χ3n) is 1.71. The van der Waals surface area contributed by atoms with Crippen molar-refractivity contribution < 1.29 is 9.18 Å². The molecular weight excluding hydrogens is 159 g/mol. The van der Waals surface area contributed by atoms with Crippen LogP contribution in [0, 0.1) is 5.95 Å². The summed E-state index contributed by atoms with van der Waals surface area (Å²) in [5, 5.41) is 0. The van der Waals surface area contributed by atoms with E-state index >= 15 is 0 Å². The lowest BCUT2D eigenvalue weighted by molar-refractivity contribution is 0.0885. The largest absolute Gasteiger partial charge is 0.335 e. The predicted octanol–water partition coefficient (Wildman–Crippen LogP) is 0.677. The molecule has 0 N–H and O–H groups in total. The predicted molar refractivity (Wildman–Crippen MR) is 40.1 cm³/mol. The van der Waals surface area contributed by atoms with E-state index in [9.17, 15) is 9.18 Å². The minimum absolute atomic E-state index is 0.115. The van der Waals surface area contributed by atoms with E-state index in [1.165, 1.54) is 12.3 Å². The van der Waals surface area contributed by atoms with Gasteiger partial charge < -0.3 is 4.90 Å². The summed E-state index contributed by atoms with van der Waals surface area (Å²) in [7, 11) is 0. The fraction of sp³-hybridized carbons (Fsp3) is 0.250. The summed E-state index contributed by atoms with van der Waals surface area (Å²) < 4.78 is 12.5. The Balaban J connectivity index is 2.26. The zero-order valence-electron chi connectivity index (χ0n) is 6.33. The molecule has 0 spiro atoms. The van der Waals surface area contributed by atoms with Crippen molar-refractivity contribution in [3.63, 3.8) is 0 Å². The fourth-order valence-corrected chi connectivity index (χ4v) is 0.971. The minimum atomic E-state index is -0.609. The van der Waals surface area contributed by atoms with Crippen molar-refractivity contribution >= 4 is 5.91 Å². The van der Waals surface area contributed by atoms with Gasteiger partial charge in [0.2, 0.25) is 5.95 Å². The minimum Gasteiger partial charge on any atom is -0.335 e. The fourth-order valence-electron chi connectivity index (χ4n) is 0.971. The van der Waals surface area contributed by atoms with Crippen molar-refractivity contribution in [1.82, 2.24) is 9.88 Å². The number of carbonyl (C=O) groups is 1. The molecule has 2 rings (SSSR count). The van der Waals surface area contributed by atoms with Crippen molar-refractivity contribution in [3.05, 3.63) is 29.8 Å². The monoisotopic (exact) mass is 166 g/mol. The summed E-state index contributed by atoms with van der Waals surface area (Å²) in [5.74, 6) is -0.723. The zero-order valence-corrected chi connectivity index (χ0v) is 6.33. The topological polar surface area (TPSA) is 33.0 Å². The molecule has 1 aliphatic heterocycles. The first-order valence-electron chi connectivity index (χ1n) is 3.68. The maximum absolute atomic E-state index is 12.5. The van der Waals surface area contributed by atoms with Gasteiger partial charge in [0.05, 0.1) is 0 Å². The maximum atomic E-state index is 12.5. The number of hydrogen-bond donors (Lipinski definition) is 0. The standard InChI is InChI=1S/C8H7FN2O/c9-7-5-6(1-2-10-7)8(12)11-3-4-11/h1-2,5H,3-4H2. The van der Waals surface area contributed by atoms with E-state index in [2.05, 4.69) is 4.98 Å². The molecule has 0 aromatic carbocycles. The average Bonchev–Trinajstić information content (AvgIpc) is 2.85. The third kappa shape index (κ3) is 1.28. The summed E-state index contributed by atoms with van der Waals surface area (Å²) in [5.41, 5.74) is 0.375. The molecule has 0 bridgehead atoms. The van der Waals surface area contributed by atoms with Gasteiger partial charge in [0.25, 0.3) is 5.91 Å². The van der Waals surface area contributed by atoms with Crippen molar-refractivity contribution in [2.45, 2.75) is 0 Å². The van der Waals surface area contributed by atoms with Crippen LogP contribution in [-0.4, -0.2) is 28.9 Å². The van der Waals surface area contributed by atoms with Crippen LogP contribution in [0.5, 0.6) is 0 Å². The zero-order chi connectivity index (χ0) is 8.55. The molecule has 62 valence electrons. The molecule has 1 aromatic heterocycles. The molecule has 1 aromatic rings. The summed E-state index contributed by atoms with van der Waals surface area (Å²) in [6.07, 6.45) is 1.30. The Hall–Kier alpha value is -1.45. The van der Waals surface area contributed by atoms with Crippen molar-refractivity contribution in [2.24, 2.45) is 0 Å². The molecule has 1 amide bonds. The molecule has 0 aliphatic carbocycles. The first-order valence-corrected chi connectivity index (χ1v) is 3.68. The Morgan fingerprint density at radius 3 is 2.92 bits per heavy atom. The van der Waals surface area contributed by atoms with E-state index < -0.39 is 5.95 Å². The number of hydrogen-bond acceptors (Lipinski definition) is 2.